The molecule has 3 nitrogen and oxygen atoms in total. The number of benzene rings is 1. The van der Waals surface area contributed by atoms with Gasteiger partial charge in [-0.2, -0.15) is 0 Å². The molecule has 0 unspecified atom stereocenters. The average molecular weight is 242 g/mol. The lowest BCUT2D eigenvalue weighted by Crippen LogP contribution is -1.97. The number of rotatable bonds is 4. The molecular weight excluding hydrogens is 226 g/mol. The van der Waals surface area contributed by atoms with Crippen LogP contribution in [-0.4, -0.2) is 18.8 Å². The van der Waals surface area contributed by atoms with Gasteiger partial charge in [-0.25, -0.2) is 0 Å². The minimum absolute atomic E-state index is 0.449. The normalized spacial score (nSPS) is 8.69. The van der Waals surface area contributed by atoms with E-state index in [0.717, 1.165) is 12.7 Å². The molecule has 0 aliphatic heterocycles. The second kappa shape index (κ2) is 7.79. The lowest BCUT2D eigenvalue weighted by Gasteiger charge is -2.07. The van der Waals surface area contributed by atoms with E-state index in [2.05, 4.69) is 13.2 Å². The van der Waals surface area contributed by atoms with Crippen LogP contribution in [0.15, 0.2) is 37.4 Å². The zero-order chi connectivity index (χ0) is 12.6. The third kappa shape index (κ3) is 4.38. The summed E-state index contributed by atoms with van der Waals surface area (Å²) in [6, 6.07) is 5.28. The largest absolute Gasteiger partial charge is 0.490 e. The molecule has 3 N–H and O–H groups in total. The van der Waals surface area contributed by atoms with Gasteiger partial charge in [-0.1, -0.05) is 30.8 Å². The predicted molar refractivity (Wildman–Crippen MR) is 68.5 cm³/mol. The summed E-state index contributed by atoms with van der Waals surface area (Å²) in [4.78, 5) is 0. The van der Waals surface area contributed by atoms with E-state index >= 15 is 0 Å². The lowest BCUT2D eigenvalue weighted by atomic mass is 10.2. The molecule has 1 rings (SSSR count). The minimum atomic E-state index is 0.449. The Labute approximate surface area is 101 Å². The predicted octanol–water partition coefficient (Wildman–Crippen LogP) is 2.44. The van der Waals surface area contributed by atoms with Crippen LogP contribution in [0.2, 0.25) is 5.02 Å². The highest BCUT2D eigenvalue weighted by atomic mass is 35.5. The van der Waals surface area contributed by atoms with E-state index in [4.69, 9.17) is 27.2 Å². The van der Waals surface area contributed by atoms with E-state index in [1.54, 1.807) is 24.3 Å². The number of aliphatic hydroxyl groups is 1. The maximum atomic E-state index is 7.00. The maximum Gasteiger partial charge on any atom is 0.121 e. The Bertz CT molecular complexity index is 364. The van der Waals surface area contributed by atoms with Crippen molar-refractivity contribution in [2.45, 2.75) is 0 Å². The molecule has 0 saturated carbocycles. The number of ether oxygens (including phenoxy) is 1. The molecule has 4 heteroatoms. The van der Waals surface area contributed by atoms with Crippen LogP contribution < -0.4 is 10.5 Å². The summed E-state index contributed by atoms with van der Waals surface area (Å²) in [7, 11) is 1.00. The molecule has 0 radical (unpaired) electrons. The van der Waals surface area contributed by atoms with Gasteiger partial charge < -0.3 is 15.6 Å². The highest BCUT2D eigenvalue weighted by molar-refractivity contribution is 6.32. The van der Waals surface area contributed by atoms with Crippen LogP contribution in [0.1, 0.15) is 5.56 Å². The third-order valence-electron chi connectivity index (χ3n) is 1.65. The van der Waals surface area contributed by atoms with Crippen LogP contribution in [-0.2, 0) is 0 Å². The van der Waals surface area contributed by atoms with Gasteiger partial charge in [-0.15, -0.1) is 0 Å². The van der Waals surface area contributed by atoms with E-state index in [0.29, 0.717) is 23.1 Å². The number of nitrogens with two attached hydrogens (primary N) is 1. The van der Waals surface area contributed by atoms with Crippen molar-refractivity contribution in [2.75, 3.05) is 13.7 Å². The third-order valence-corrected chi connectivity index (χ3v) is 1.97. The highest BCUT2D eigenvalue weighted by Gasteiger charge is 2.02. The Kier molecular flexibility index (Phi) is 7.09. The molecule has 88 valence electrons. The maximum absolute atomic E-state index is 7.00. The van der Waals surface area contributed by atoms with Crippen LogP contribution in [0.25, 0.3) is 5.70 Å². The Balaban J connectivity index is 0.00000106. The van der Waals surface area contributed by atoms with E-state index in [1.807, 2.05) is 0 Å². The van der Waals surface area contributed by atoms with Crippen molar-refractivity contribution in [3.8, 4) is 5.75 Å². The van der Waals surface area contributed by atoms with Gasteiger partial charge in [-0.3, -0.25) is 0 Å². The van der Waals surface area contributed by atoms with Crippen molar-refractivity contribution in [2.24, 2.45) is 5.73 Å². The molecule has 0 saturated heterocycles. The first-order valence-corrected chi connectivity index (χ1v) is 4.95. The summed E-state index contributed by atoms with van der Waals surface area (Å²) in [6.45, 7) is 7.62. The van der Waals surface area contributed by atoms with Crippen LogP contribution >= 0.6 is 11.6 Å². The SMILES string of the molecule is C=CCOc1ccc(C(=C)N)c(Cl)c1.CO. The average Bonchev–Trinajstić information content (AvgIpc) is 2.28. The first kappa shape index (κ1) is 14.6. The molecule has 0 heterocycles. The van der Waals surface area contributed by atoms with E-state index in [1.165, 1.54) is 0 Å². The fourth-order valence-corrected chi connectivity index (χ4v) is 1.29. The van der Waals surface area contributed by atoms with Gasteiger partial charge in [0.2, 0.25) is 0 Å². The molecular formula is C12H16ClNO2. The fraction of sp³-hybridized carbons (Fsp3) is 0.167. The lowest BCUT2D eigenvalue weighted by molar-refractivity contribution is 0.363. The van der Waals surface area contributed by atoms with Crippen molar-refractivity contribution in [1.29, 1.82) is 0 Å². The quantitative estimate of drug-likeness (QED) is 0.797. The molecule has 16 heavy (non-hydrogen) atoms. The van der Waals surface area contributed by atoms with Gasteiger partial charge in [-0.05, 0) is 18.2 Å². The number of halogens is 1. The Morgan fingerprint density at radius 3 is 2.62 bits per heavy atom. The van der Waals surface area contributed by atoms with Gasteiger partial charge in [0, 0.05) is 18.4 Å². The van der Waals surface area contributed by atoms with Gasteiger partial charge in [0.05, 0.1) is 5.02 Å². The summed E-state index contributed by atoms with van der Waals surface area (Å²) in [5.41, 5.74) is 6.71. The van der Waals surface area contributed by atoms with Crippen molar-refractivity contribution in [3.05, 3.63) is 48.0 Å². The van der Waals surface area contributed by atoms with Crippen molar-refractivity contribution in [3.63, 3.8) is 0 Å². The Hall–Kier alpha value is -1.45. The summed E-state index contributed by atoms with van der Waals surface area (Å²) >= 11 is 5.96. The van der Waals surface area contributed by atoms with Crippen molar-refractivity contribution in [1.82, 2.24) is 0 Å². The van der Waals surface area contributed by atoms with Crippen LogP contribution in [0.4, 0.5) is 0 Å². The second-order valence-electron chi connectivity index (χ2n) is 2.77. The van der Waals surface area contributed by atoms with Gasteiger partial charge in [0.25, 0.3) is 0 Å². The zero-order valence-corrected chi connectivity index (χ0v) is 10.00. The fourth-order valence-electron chi connectivity index (χ4n) is 1.00. The van der Waals surface area contributed by atoms with Crippen molar-refractivity contribution >= 4 is 17.3 Å². The van der Waals surface area contributed by atoms with E-state index in [-0.39, 0.29) is 0 Å². The summed E-state index contributed by atoms with van der Waals surface area (Å²) in [6.07, 6.45) is 1.67. The standard InChI is InChI=1S/C11H12ClNO.CH4O/c1-3-6-14-9-4-5-10(8(2)13)11(12)7-9;1-2/h3-5,7H,1-2,6,13H2;2H,1H3. The van der Waals surface area contributed by atoms with E-state index in [9.17, 15) is 0 Å². The first-order valence-electron chi connectivity index (χ1n) is 4.58. The molecule has 0 aliphatic carbocycles. The van der Waals surface area contributed by atoms with Crippen LogP contribution in [0.3, 0.4) is 0 Å². The first-order chi connectivity index (χ1) is 7.65. The van der Waals surface area contributed by atoms with Gasteiger partial charge >= 0.3 is 0 Å². The number of hydrogen-bond acceptors (Lipinski definition) is 3. The number of aliphatic hydroxyl groups excluding tert-OH is 1. The molecule has 0 aromatic heterocycles. The molecule has 0 amide bonds. The summed E-state index contributed by atoms with van der Waals surface area (Å²) in [5, 5.41) is 7.54. The monoisotopic (exact) mass is 241 g/mol. The highest BCUT2D eigenvalue weighted by Crippen LogP contribution is 2.25. The summed E-state index contributed by atoms with van der Waals surface area (Å²) in [5.74, 6) is 0.694. The van der Waals surface area contributed by atoms with E-state index < -0.39 is 0 Å². The zero-order valence-electron chi connectivity index (χ0n) is 9.24. The number of hydrogen-bond donors (Lipinski definition) is 2. The van der Waals surface area contributed by atoms with Gasteiger partial charge in [0.15, 0.2) is 0 Å². The Morgan fingerprint density at radius 1 is 1.56 bits per heavy atom. The van der Waals surface area contributed by atoms with Crippen LogP contribution in [0, 0.1) is 0 Å². The summed E-state index contributed by atoms with van der Waals surface area (Å²) < 4.78 is 5.30. The Morgan fingerprint density at radius 2 is 2.19 bits per heavy atom. The molecule has 0 fully saturated rings. The molecule has 0 bridgehead atoms. The van der Waals surface area contributed by atoms with Crippen LogP contribution in [0.5, 0.6) is 5.75 Å². The molecule has 0 aliphatic rings. The smallest absolute Gasteiger partial charge is 0.121 e. The molecule has 1 aromatic carbocycles. The second-order valence-corrected chi connectivity index (χ2v) is 3.17. The minimum Gasteiger partial charge on any atom is -0.490 e. The molecule has 1 aromatic rings. The van der Waals surface area contributed by atoms with Crippen molar-refractivity contribution < 1.29 is 9.84 Å². The molecule has 0 spiro atoms. The molecule has 0 atom stereocenters. The topological polar surface area (TPSA) is 55.5 Å². The van der Waals surface area contributed by atoms with Gasteiger partial charge in [0.1, 0.15) is 12.4 Å².